The Balaban J connectivity index is 1.45. The number of sulfonamides is 1. The predicted octanol–water partition coefficient (Wildman–Crippen LogP) is 2.53. The zero-order valence-corrected chi connectivity index (χ0v) is 18.4. The minimum atomic E-state index is -3.31. The number of thiazole rings is 1. The Bertz CT molecular complexity index is 1300. The van der Waals surface area contributed by atoms with E-state index in [4.69, 9.17) is 0 Å². The zero-order chi connectivity index (χ0) is 21.8. The fourth-order valence-electron chi connectivity index (χ4n) is 3.20. The van der Waals surface area contributed by atoms with Crippen LogP contribution in [0.2, 0.25) is 0 Å². The van der Waals surface area contributed by atoms with Crippen LogP contribution in [-0.4, -0.2) is 35.9 Å². The van der Waals surface area contributed by atoms with Gasteiger partial charge in [-0.2, -0.15) is 0 Å². The number of amides is 1. The van der Waals surface area contributed by atoms with E-state index in [-0.39, 0.29) is 18.2 Å². The van der Waals surface area contributed by atoms with Crippen molar-refractivity contribution in [1.82, 2.24) is 24.6 Å². The quantitative estimate of drug-likeness (QED) is 0.425. The van der Waals surface area contributed by atoms with E-state index >= 15 is 0 Å². The molecule has 4 aromatic rings. The molecule has 0 aliphatic carbocycles. The number of carbonyl (C=O) groups is 1. The van der Waals surface area contributed by atoms with E-state index in [0.29, 0.717) is 17.9 Å². The van der Waals surface area contributed by atoms with Crippen LogP contribution in [0.25, 0.3) is 22.6 Å². The first-order chi connectivity index (χ1) is 14.9. The van der Waals surface area contributed by atoms with Gasteiger partial charge in [-0.15, -0.1) is 11.3 Å². The number of fused-ring (bicyclic) bond motifs is 1. The van der Waals surface area contributed by atoms with Gasteiger partial charge < -0.3 is 9.88 Å². The lowest BCUT2D eigenvalue weighted by atomic mass is 10.1. The zero-order valence-electron chi connectivity index (χ0n) is 16.8. The van der Waals surface area contributed by atoms with Crippen LogP contribution >= 0.6 is 11.3 Å². The van der Waals surface area contributed by atoms with Crippen molar-refractivity contribution in [3.63, 3.8) is 0 Å². The largest absolute Gasteiger partial charge is 0.350 e. The molecule has 0 saturated heterocycles. The molecule has 31 heavy (non-hydrogen) atoms. The molecule has 0 fully saturated rings. The van der Waals surface area contributed by atoms with E-state index < -0.39 is 10.0 Å². The molecule has 160 valence electrons. The van der Waals surface area contributed by atoms with Crippen molar-refractivity contribution >= 4 is 38.3 Å². The van der Waals surface area contributed by atoms with Gasteiger partial charge in [0, 0.05) is 11.9 Å². The third-order valence-electron chi connectivity index (χ3n) is 4.80. The minimum absolute atomic E-state index is 0.0801. The molecule has 0 aliphatic rings. The van der Waals surface area contributed by atoms with E-state index in [1.807, 2.05) is 46.3 Å². The van der Waals surface area contributed by atoms with Crippen molar-refractivity contribution in [2.24, 2.45) is 0 Å². The molecule has 0 atom stereocenters. The monoisotopic (exact) mass is 455 g/mol. The van der Waals surface area contributed by atoms with Gasteiger partial charge in [0.15, 0.2) is 5.82 Å². The molecule has 4 rings (SSSR count). The summed E-state index contributed by atoms with van der Waals surface area (Å²) in [6.07, 6.45) is 0. The number of rotatable bonds is 8. The average Bonchev–Trinajstić information content (AvgIpc) is 3.41. The highest BCUT2D eigenvalue weighted by Crippen LogP contribution is 2.24. The Labute approximate surface area is 184 Å². The number of imidazole rings is 1. The Morgan fingerprint density at radius 2 is 1.84 bits per heavy atom. The molecule has 0 aliphatic heterocycles. The molecule has 0 radical (unpaired) electrons. The maximum absolute atomic E-state index is 12.7. The summed E-state index contributed by atoms with van der Waals surface area (Å²) in [6, 6.07) is 14.8. The SMILES string of the molecule is CNS(=O)(=O)Cc1ccc(CNC(=O)Cn2c(-c3cscn3)nc3ccccc32)cc1. The maximum atomic E-state index is 12.7. The molecule has 2 aromatic heterocycles. The molecule has 8 nitrogen and oxygen atoms in total. The summed E-state index contributed by atoms with van der Waals surface area (Å²) in [7, 11) is -1.92. The number of carbonyl (C=O) groups excluding carboxylic acids is 1. The van der Waals surface area contributed by atoms with Crippen LogP contribution in [0, 0.1) is 0 Å². The van der Waals surface area contributed by atoms with Gasteiger partial charge in [-0.05, 0) is 30.3 Å². The molecule has 2 aromatic carbocycles. The van der Waals surface area contributed by atoms with Gasteiger partial charge >= 0.3 is 0 Å². The number of nitrogens with zero attached hydrogens (tertiary/aromatic N) is 3. The van der Waals surface area contributed by atoms with Gasteiger partial charge in [0.25, 0.3) is 0 Å². The van der Waals surface area contributed by atoms with E-state index in [1.54, 1.807) is 17.6 Å². The topological polar surface area (TPSA) is 106 Å². The molecule has 2 heterocycles. The lowest BCUT2D eigenvalue weighted by Gasteiger charge is -2.10. The molecule has 0 saturated carbocycles. The van der Waals surface area contributed by atoms with Crippen molar-refractivity contribution in [3.05, 3.63) is 70.5 Å². The first kappa shape index (κ1) is 21.2. The maximum Gasteiger partial charge on any atom is 0.240 e. The van der Waals surface area contributed by atoms with Gasteiger partial charge in [-0.3, -0.25) is 4.79 Å². The number of para-hydroxylation sites is 2. The highest BCUT2D eigenvalue weighted by Gasteiger charge is 2.16. The summed E-state index contributed by atoms with van der Waals surface area (Å²) >= 11 is 1.48. The van der Waals surface area contributed by atoms with Crippen LogP contribution in [0.1, 0.15) is 11.1 Å². The van der Waals surface area contributed by atoms with Crippen molar-refractivity contribution in [2.75, 3.05) is 7.05 Å². The highest BCUT2D eigenvalue weighted by molar-refractivity contribution is 7.88. The first-order valence-electron chi connectivity index (χ1n) is 9.55. The van der Waals surface area contributed by atoms with Crippen LogP contribution in [0.15, 0.2) is 59.4 Å². The third kappa shape index (κ3) is 4.98. The standard InChI is InChI=1S/C21H21N5O3S2/c1-22-31(28,29)13-16-8-6-15(7-9-16)10-23-20(27)11-26-19-5-3-2-4-17(19)25-21(26)18-12-30-14-24-18/h2-9,12,14,22H,10-11,13H2,1H3,(H,23,27). The minimum Gasteiger partial charge on any atom is -0.350 e. The number of hydrogen-bond acceptors (Lipinski definition) is 6. The van der Waals surface area contributed by atoms with E-state index in [0.717, 1.165) is 22.3 Å². The van der Waals surface area contributed by atoms with Gasteiger partial charge in [-0.25, -0.2) is 23.1 Å². The van der Waals surface area contributed by atoms with Crippen molar-refractivity contribution in [1.29, 1.82) is 0 Å². The fourth-order valence-corrected chi connectivity index (χ4v) is 4.51. The lowest BCUT2D eigenvalue weighted by Crippen LogP contribution is -2.27. The Morgan fingerprint density at radius 3 is 2.55 bits per heavy atom. The fraction of sp³-hybridized carbons (Fsp3) is 0.190. The van der Waals surface area contributed by atoms with E-state index in [2.05, 4.69) is 20.0 Å². The summed E-state index contributed by atoms with van der Waals surface area (Å²) in [4.78, 5) is 21.7. The summed E-state index contributed by atoms with van der Waals surface area (Å²) in [5.74, 6) is 0.428. The molecular formula is C21H21N5O3S2. The molecule has 2 N–H and O–H groups in total. The predicted molar refractivity (Wildman–Crippen MR) is 121 cm³/mol. The number of nitrogens with one attached hydrogen (secondary N) is 2. The van der Waals surface area contributed by atoms with Crippen molar-refractivity contribution in [2.45, 2.75) is 18.8 Å². The van der Waals surface area contributed by atoms with Crippen LogP contribution < -0.4 is 10.0 Å². The van der Waals surface area contributed by atoms with E-state index in [9.17, 15) is 13.2 Å². The molecule has 10 heteroatoms. The number of aromatic nitrogens is 3. The number of hydrogen-bond donors (Lipinski definition) is 2. The van der Waals surface area contributed by atoms with Crippen LogP contribution in [0.5, 0.6) is 0 Å². The smallest absolute Gasteiger partial charge is 0.240 e. The Kier molecular flexibility index (Phi) is 6.12. The summed E-state index contributed by atoms with van der Waals surface area (Å²) in [6.45, 7) is 0.461. The van der Waals surface area contributed by atoms with Crippen molar-refractivity contribution in [3.8, 4) is 11.5 Å². The highest BCUT2D eigenvalue weighted by atomic mass is 32.2. The molecule has 1 amide bonds. The Morgan fingerprint density at radius 1 is 1.10 bits per heavy atom. The summed E-state index contributed by atoms with van der Waals surface area (Å²) < 4.78 is 27.5. The molecule has 0 spiro atoms. The third-order valence-corrected chi connectivity index (χ3v) is 6.72. The second-order valence-electron chi connectivity index (χ2n) is 6.94. The molecular weight excluding hydrogens is 434 g/mol. The second kappa shape index (κ2) is 8.96. The Hall–Kier alpha value is -3.08. The first-order valence-corrected chi connectivity index (χ1v) is 12.1. The summed E-state index contributed by atoms with van der Waals surface area (Å²) in [5.41, 5.74) is 5.73. The van der Waals surface area contributed by atoms with Crippen LogP contribution in [-0.2, 0) is 33.7 Å². The van der Waals surface area contributed by atoms with Gasteiger partial charge in [0.05, 0.1) is 22.3 Å². The average molecular weight is 456 g/mol. The van der Waals surface area contributed by atoms with Crippen molar-refractivity contribution < 1.29 is 13.2 Å². The summed E-state index contributed by atoms with van der Waals surface area (Å²) in [5, 5.41) is 4.83. The lowest BCUT2D eigenvalue weighted by molar-refractivity contribution is -0.121. The normalized spacial score (nSPS) is 11.6. The number of benzene rings is 2. The van der Waals surface area contributed by atoms with Gasteiger partial charge in [0.2, 0.25) is 15.9 Å². The van der Waals surface area contributed by atoms with Crippen LogP contribution in [0.4, 0.5) is 0 Å². The molecule has 0 unspecified atom stereocenters. The van der Waals surface area contributed by atoms with Gasteiger partial charge in [0.1, 0.15) is 12.2 Å². The van der Waals surface area contributed by atoms with Crippen LogP contribution in [0.3, 0.4) is 0 Å². The second-order valence-corrected chi connectivity index (χ2v) is 9.59. The van der Waals surface area contributed by atoms with Gasteiger partial charge in [-0.1, -0.05) is 36.4 Å². The van der Waals surface area contributed by atoms with E-state index in [1.165, 1.54) is 18.4 Å². The molecule has 0 bridgehead atoms.